The Labute approximate surface area is 176 Å². The van der Waals surface area contributed by atoms with E-state index in [0.29, 0.717) is 22.0 Å². The maximum atomic E-state index is 14.5. The fourth-order valence-corrected chi connectivity index (χ4v) is 3.76. The Balaban J connectivity index is 2.07. The molecule has 0 saturated carbocycles. The van der Waals surface area contributed by atoms with E-state index < -0.39 is 17.6 Å². The van der Waals surface area contributed by atoms with E-state index in [-0.39, 0.29) is 30.0 Å². The molecule has 0 unspecified atom stereocenters. The first-order chi connectivity index (χ1) is 14.9. The smallest absolute Gasteiger partial charge is 0.355 e. The number of hydrogen-bond donors (Lipinski definition) is 1. The molecule has 0 radical (unpaired) electrons. The Hall–Kier alpha value is -3.74. The summed E-state index contributed by atoms with van der Waals surface area (Å²) in [6, 6.07) is 12.2. The minimum absolute atomic E-state index is 0.0371. The zero-order valence-corrected chi connectivity index (χ0v) is 17.0. The van der Waals surface area contributed by atoms with Crippen LogP contribution in [0.25, 0.3) is 22.0 Å². The fraction of sp³-hybridized carbons (Fsp3) is 0.167. The number of aryl methyl sites for hydroxylation is 1. The molecule has 0 bridgehead atoms. The van der Waals surface area contributed by atoms with Gasteiger partial charge in [0, 0.05) is 39.9 Å². The number of aromatic amines is 1. The molecule has 2 aromatic heterocycles. The van der Waals surface area contributed by atoms with Crippen LogP contribution < -0.4 is 5.56 Å². The predicted octanol–water partition coefficient (Wildman–Crippen LogP) is 4.81. The van der Waals surface area contributed by atoms with Crippen molar-refractivity contribution < 1.29 is 18.3 Å². The van der Waals surface area contributed by atoms with Crippen LogP contribution in [0.15, 0.2) is 59.5 Å². The highest BCUT2D eigenvalue weighted by Gasteiger charge is 2.27. The minimum atomic E-state index is -0.720. The lowest BCUT2D eigenvalue weighted by Crippen LogP contribution is -2.16. The minimum Gasteiger partial charge on any atom is -0.461 e. The number of carbonyl (C=O) groups is 1. The number of hydrogen-bond acceptors (Lipinski definition) is 3. The van der Waals surface area contributed by atoms with Gasteiger partial charge in [-0.05, 0) is 44.2 Å². The molecule has 4 aromatic rings. The van der Waals surface area contributed by atoms with Gasteiger partial charge < -0.3 is 14.3 Å². The molecule has 0 atom stereocenters. The van der Waals surface area contributed by atoms with Crippen molar-refractivity contribution in [1.82, 2.24) is 9.55 Å². The van der Waals surface area contributed by atoms with E-state index in [1.54, 1.807) is 23.6 Å². The van der Waals surface area contributed by atoms with Gasteiger partial charge in [-0.25, -0.2) is 13.6 Å². The van der Waals surface area contributed by atoms with Gasteiger partial charge in [0.15, 0.2) is 0 Å². The molecule has 4 rings (SSSR count). The third-order valence-corrected chi connectivity index (χ3v) is 5.12. The molecule has 0 aliphatic heterocycles. The number of pyridine rings is 1. The van der Waals surface area contributed by atoms with Crippen molar-refractivity contribution in [2.45, 2.75) is 20.4 Å². The average molecular weight is 422 g/mol. The summed E-state index contributed by atoms with van der Waals surface area (Å²) in [4.78, 5) is 28.3. The normalized spacial score (nSPS) is 11.1. The topological polar surface area (TPSA) is 64.1 Å². The number of H-pyrrole nitrogens is 1. The van der Waals surface area contributed by atoms with Crippen molar-refractivity contribution in [3.8, 4) is 11.1 Å². The zero-order valence-electron chi connectivity index (χ0n) is 17.0. The first-order valence-corrected chi connectivity index (χ1v) is 9.82. The van der Waals surface area contributed by atoms with Crippen molar-refractivity contribution in [3.05, 3.63) is 93.5 Å². The molecule has 2 heterocycles. The zero-order chi connectivity index (χ0) is 22.1. The van der Waals surface area contributed by atoms with Gasteiger partial charge in [0.1, 0.15) is 17.3 Å². The second-order valence-electron chi connectivity index (χ2n) is 7.20. The Kier molecular flexibility index (Phi) is 5.42. The van der Waals surface area contributed by atoms with E-state index in [4.69, 9.17) is 4.74 Å². The number of halogens is 2. The molecule has 0 amide bonds. The standard InChI is InChI=1S/C24H20F2N2O3/c1-3-31-24(30)22-21(17-5-4-10-27-23(17)29)18-11-14(2)6-9-20(18)28(22)13-15-7-8-16(25)12-19(15)26/h4-12H,3,13H2,1-2H3,(H,27,29). The number of rotatable bonds is 5. The van der Waals surface area contributed by atoms with Crippen LogP contribution in [-0.2, 0) is 11.3 Å². The number of nitrogens with one attached hydrogen (secondary N) is 1. The molecule has 0 saturated heterocycles. The van der Waals surface area contributed by atoms with Crippen LogP contribution in [0.4, 0.5) is 8.78 Å². The number of ether oxygens (including phenoxy) is 1. The summed E-state index contributed by atoms with van der Waals surface area (Å²) < 4.78 is 34.8. The highest BCUT2D eigenvalue weighted by atomic mass is 19.1. The van der Waals surface area contributed by atoms with Crippen LogP contribution in [-0.4, -0.2) is 22.1 Å². The van der Waals surface area contributed by atoms with Crippen molar-refractivity contribution in [2.24, 2.45) is 0 Å². The van der Waals surface area contributed by atoms with Gasteiger partial charge in [0.2, 0.25) is 0 Å². The summed E-state index contributed by atoms with van der Waals surface area (Å²) >= 11 is 0. The lowest BCUT2D eigenvalue weighted by atomic mass is 10.0. The molecular weight excluding hydrogens is 402 g/mol. The predicted molar refractivity (Wildman–Crippen MR) is 114 cm³/mol. The van der Waals surface area contributed by atoms with Crippen LogP contribution in [0.2, 0.25) is 0 Å². The maximum Gasteiger partial charge on any atom is 0.355 e. The molecule has 158 valence electrons. The Bertz CT molecular complexity index is 1350. The first kappa shape index (κ1) is 20.5. The van der Waals surface area contributed by atoms with E-state index in [0.717, 1.165) is 11.6 Å². The van der Waals surface area contributed by atoms with Crippen molar-refractivity contribution in [1.29, 1.82) is 0 Å². The van der Waals surface area contributed by atoms with Gasteiger partial charge in [-0.1, -0.05) is 17.7 Å². The molecule has 5 nitrogen and oxygen atoms in total. The lowest BCUT2D eigenvalue weighted by molar-refractivity contribution is 0.0516. The SMILES string of the molecule is CCOC(=O)c1c(-c2ccc[nH]c2=O)c2cc(C)ccc2n1Cc1ccc(F)cc1F. The molecule has 31 heavy (non-hydrogen) atoms. The summed E-state index contributed by atoms with van der Waals surface area (Å²) in [7, 11) is 0. The van der Waals surface area contributed by atoms with Crippen molar-refractivity contribution >= 4 is 16.9 Å². The van der Waals surface area contributed by atoms with Crippen LogP contribution in [0.1, 0.15) is 28.5 Å². The largest absolute Gasteiger partial charge is 0.461 e. The molecule has 0 fully saturated rings. The second kappa shape index (κ2) is 8.18. The maximum absolute atomic E-state index is 14.5. The molecular formula is C24H20F2N2O3. The quantitative estimate of drug-likeness (QED) is 0.470. The number of fused-ring (bicyclic) bond motifs is 1. The van der Waals surface area contributed by atoms with Crippen LogP contribution in [0, 0.1) is 18.6 Å². The summed E-state index contributed by atoms with van der Waals surface area (Å²) in [5.41, 5.74) is 2.28. The number of esters is 1. The highest BCUT2D eigenvalue weighted by Crippen LogP contribution is 2.35. The number of nitrogens with zero attached hydrogens (tertiary/aromatic N) is 1. The van der Waals surface area contributed by atoms with E-state index in [1.165, 1.54) is 18.3 Å². The first-order valence-electron chi connectivity index (χ1n) is 9.82. The third kappa shape index (κ3) is 3.74. The van der Waals surface area contributed by atoms with Gasteiger partial charge in [0.05, 0.1) is 13.2 Å². The van der Waals surface area contributed by atoms with E-state index in [1.807, 2.05) is 25.1 Å². The van der Waals surface area contributed by atoms with E-state index in [9.17, 15) is 18.4 Å². The van der Waals surface area contributed by atoms with Crippen LogP contribution >= 0.6 is 0 Å². The van der Waals surface area contributed by atoms with Gasteiger partial charge in [-0.15, -0.1) is 0 Å². The van der Waals surface area contributed by atoms with Gasteiger partial charge in [-0.3, -0.25) is 4.79 Å². The van der Waals surface area contributed by atoms with Gasteiger partial charge in [0.25, 0.3) is 5.56 Å². The molecule has 7 heteroatoms. The summed E-state index contributed by atoms with van der Waals surface area (Å²) in [5.74, 6) is -2.03. The third-order valence-electron chi connectivity index (χ3n) is 5.12. The molecule has 0 spiro atoms. The van der Waals surface area contributed by atoms with Crippen LogP contribution in [0.3, 0.4) is 0 Å². The van der Waals surface area contributed by atoms with E-state index >= 15 is 0 Å². The highest BCUT2D eigenvalue weighted by molar-refractivity contribution is 6.08. The summed E-state index contributed by atoms with van der Waals surface area (Å²) in [6.45, 7) is 3.68. The van der Waals surface area contributed by atoms with Gasteiger partial charge in [-0.2, -0.15) is 0 Å². The Morgan fingerprint density at radius 2 is 1.94 bits per heavy atom. The summed E-state index contributed by atoms with van der Waals surface area (Å²) in [5, 5.41) is 0.669. The Morgan fingerprint density at radius 3 is 2.65 bits per heavy atom. The van der Waals surface area contributed by atoms with Crippen molar-refractivity contribution in [3.63, 3.8) is 0 Å². The monoisotopic (exact) mass is 422 g/mol. The van der Waals surface area contributed by atoms with Crippen molar-refractivity contribution in [2.75, 3.05) is 6.61 Å². The van der Waals surface area contributed by atoms with Crippen LogP contribution in [0.5, 0.6) is 0 Å². The second-order valence-corrected chi connectivity index (χ2v) is 7.20. The van der Waals surface area contributed by atoms with E-state index in [2.05, 4.69) is 4.98 Å². The van der Waals surface area contributed by atoms with Gasteiger partial charge >= 0.3 is 5.97 Å². The fourth-order valence-electron chi connectivity index (χ4n) is 3.76. The average Bonchev–Trinajstić information content (AvgIpc) is 3.04. The molecule has 1 N–H and O–H groups in total. The molecule has 2 aromatic carbocycles. The lowest BCUT2D eigenvalue weighted by Gasteiger charge is -2.12. The summed E-state index contributed by atoms with van der Waals surface area (Å²) in [6.07, 6.45) is 1.51. The number of aromatic nitrogens is 2. The molecule has 0 aliphatic rings. The number of benzene rings is 2. The molecule has 0 aliphatic carbocycles. The number of carbonyl (C=O) groups excluding carboxylic acids is 1. The Morgan fingerprint density at radius 1 is 1.13 bits per heavy atom.